The van der Waals surface area contributed by atoms with Crippen molar-refractivity contribution in [2.24, 2.45) is 5.73 Å². The van der Waals surface area contributed by atoms with E-state index in [0.717, 1.165) is 5.75 Å². The molecule has 0 aromatic heterocycles. The van der Waals surface area contributed by atoms with Crippen LogP contribution < -0.4 is 15.2 Å². The van der Waals surface area contributed by atoms with Gasteiger partial charge in [0.05, 0.1) is 12.1 Å². The highest BCUT2D eigenvalue weighted by atomic mass is 32.2. The second-order valence-corrected chi connectivity index (χ2v) is 6.43. The Labute approximate surface area is 140 Å². The second-order valence-electron chi connectivity index (χ2n) is 5.45. The van der Waals surface area contributed by atoms with Gasteiger partial charge in [0.15, 0.2) is 17.3 Å². The van der Waals surface area contributed by atoms with Gasteiger partial charge in [0.1, 0.15) is 0 Å². The summed E-state index contributed by atoms with van der Waals surface area (Å²) in [6.07, 6.45) is 2.56. The van der Waals surface area contributed by atoms with E-state index >= 15 is 0 Å². The molecule has 0 saturated carbocycles. The lowest BCUT2D eigenvalue weighted by Crippen LogP contribution is -2.48. The van der Waals surface area contributed by atoms with Crippen LogP contribution in [0.1, 0.15) is 23.7 Å². The fraction of sp³-hybridized carbons (Fsp3) is 0.500. The van der Waals surface area contributed by atoms with E-state index in [4.69, 9.17) is 15.2 Å². The van der Waals surface area contributed by atoms with Gasteiger partial charge in [-0.25, -0.2) is 0 Å². The van der Waals surface area contributed by atoms with E-state index in [1.54, 1.807) is 43.9 Å². The Morgan fingerprint density at radius 1 is 1.35 bits per heavy atom. The molecule has 2 unspecified atom stereocenters. The summed E-state index contributed by atoms with van der Waals surface area (Å²) in [5, 5.41) is 0. The highest BCUT2D eigenvalue weighted by Crippen LogP contribution is 2.33. The summed E-state index contributed by atoms with van der Waals surface area (Å²) < 4.78 is 10.5. The van der Waals surface area contributed by atoms with Crippen LogP contribution in [0.5, 0.6) is 11.5 Å². The van der Waals surface area contributed by atoms with Crippen LogP contribution in [0.2, 0.25) is 0 Å². The predicted molar refractivity (Wildman–Crippen MR) is 90.1 cm³/mol. The first-order valence-corrected chi connectivity index (χ1v) is 8.80. The van der Waals surface area contributed by atoms with Gasteiger partial charge in [-0.2, -0.15) is 11.8 Å². The van der Waals surface area contributed by atoms with Gasteiger partial charge in [-0.05, 0) is 43.6 Å². The van der Waals surface area contributed by atoms with E-state index < -0.39 is 12.1 Å². The summed E-state index contributed by atoms with van der Waals surface area (Å²) in [5.74, 6) is 1.61. The number of carbonyl (C=O) groups is 2. The van der Waals surface area contributed by atoms with Crippen LogP contribution in [0.4, 0.5) is 0 Å². The molecule has 0 spiro atoms. The molecule has 1 aliphatic rings. The van der Waals surface area contributed by atoms with Crippen molar-refractivity contribution in [3.63, 3.8) is 0 Å². The van der Waals surface area contributed by atoms with E-state index in [2.05, 4.69) is 0 Å². The molecule has 2 N–H and O–H groups in total. The number of Topliss-reactive ketones (excluding diaryl/α,β-unsaturated/α-hetero) is 1. The normalized spacial score (nSPS) is 15.1. The summed E-state index contributed by atoms with van der Waals surface area (Å²) in [5.41, 5.74) is 6.39. The van der Waals surface area contributed by atoms with Crippen LogP contribution in [0.25, 0.3) is 0 Å². The van der Waals surface area contributed by atoms with E-state index in [0.29, 0.717) is 23.5 Å². The van der Waals surface area contributed by atoms with Gasteiger partial charge in [0, 0.05) is 12.6 Å². The molecule has 126 valence electrons. The Kier molecular flexibility index (Phi) is 5.90. The van der Waals surface area contributed by atoms with Gasteiger partial charge in [-0.3, -0.25) is 9.59 Å². The fourth-order valence-corrected chi connectivity index (χ4v) is 2.78. The molecule has 0 saturated heterocycles. The number of ketones is 1. The van der Waals surface area contributed by atoms with Crippen molar-refractivity contribution in [3.8, 4) is 11.5 Å². The van der Waals surface area contributed by atoms with E-state index in [-0.39, 0.29) is 18.5 Å². The SMILES string of the molecule is CSCCC(N)C(=O)N(C)C(C)C(=O)c1ccc2c(c1)OCO2. The molecule has 0 bridgehead atoms. The standard InChI is InChI=1S/C16H22N2O4S/c1-10(18(2)16(20)12(17)6-7-23-3)15(19)11-4-5-13-14(8-11)22-9-21-13/h4-5,8,10,12H,6-7,9,17H2,1-3H3. The summed E-state index contributed by atoms with van der Waals surface area (Å²) in [7, 11) is 1.61. The molecule has 1 heterocycles. The Morgan fingerprint density at radius 2 is 2.04 bits per heavy atom. The van der Waals surface area contributed by atoms with Crippen molar-refractivity contribution in [2.75, 3.05) is 25.8 Å². The maximum atomic E-state index is 12.6. The minimum atomic E-state index is -0.594. The molecule has 0 aliphatic carbocycles. The third-order valence-electron chi connectivity index (χ3n) is 3.92. The number of likely N-dealkylation sites (N-methyl/N-ethyl adjacent to an activating group) is 1. The summed E-state index contributed by atoms with van der Waals surface area (Å²) in [6, 6.07) is 3.85. The minimum Gasteiger partial charge on any atom is -0.454 e. The summed E-state index contributed by atoms with van der Waals surface area (Å²) in [6.45, 7) is 1.86. The van der Waals surface area contributed by atoms with Gasteiger partial charge >= 0.3 is 0 Å². The number of thioether (sulfide) groups is 1. The number of nitrogens with two attached hydrogens (primary N) is 1. The minimum absolute atomic E-state index is 0.156. The quantitative estimate of drug-likeness (QED) is 0.759. The van der Waals surface area contributed by atoms with Crippen LogP contribution >= 0.6 is 11.8 Å². The molecular formula is C16H22N2O4S. The first kappa shape index (κ1) is 17.6. The van der Waals surface area contributed by atoms with Crippen molar-refractivity contribution >= 4 is 23.5 Å². The molecule has 0 radical (unpaired) electrons. The van der Waals surface area contributed by atoms with Crippen LogP contribution in [0.3, 0.4) is 0 Å². The molecule has 2 rings (SSSR count). The molecule has 7 heteroatoms. The number of rotatable bonds is 7. The molecule has 1 aromatic rings. The molecule has 0 fully saturated rings. The van der Waals surface area contributed by atoms with E-state index in [1.807, 2.05) is 6.26 Å². The van der Waals surface area contributed by atoms with Gasteiger partial charge in [-0.1, -0.05) is 0 Å². The molecule has 23 heavy (non-hydrogen) atoms. The fourth-order valence-electron chi connectivity index (χ4n) is 2.29. The summed E-state index contributed by atoms with van der Waals surface area (Å²) in [4.78, 5) is 26.3. The van der Waals surface area contributed by atoms with Crippen molar-refractivity contribution in [3.05, 3.63) is 23.8 Å². The van der Waals surface area contributed by atoms with Gasteiger partial charge in [0.2, 0.25) is 12.7 Å². The van der Waals surface area contributed by atoms with E-state index in [9.17, 15) is 9.59 Å². The zero-order chi connectivity index (χ0) is 17.0. The lowest BCUT2D eigenvalue weighted by Gasteiger charge is -2.26. The van der Waals surface area contributed by atoms with Crippen LogP contribution in [-0.4, -0.2) is 54.5 Å². The zero-order valence-corrected chi connectivity index (χ0v) is 14.4. The number of amides is 1. The highest BCUT2D eigenvalue weighted by molar-refractivity contribution is 7.98. The maximum absolute atomic E-state index is 12.6. The number of ether oxygens (including phenoxy) is 2. The van der Waals surface area contributed by atoms with Crippen LogP contribution in [-0.2, 0) is 4.79 Å². The third-order valence-corrected chi connectivity index (χ3v) is 4.56. The topological polar surface area (TPSA) is 81.9 Å². The molecule has 6 nitrogen and oxygen atoms in total. The lowest BCUT2D eigenvalue weighted by atomic mass is 10.0. The average molecular weight is 338 g/mol. The van der Waals surface area contributed by atoms with Crippen LogP contribution in [0, 0.1) is 0 Å². The van der Waals surface area contributed by atoms with Crippen molar-refractivity contribution < 1.29 is 19.1 Å². The number of hydrogen-bond acceptors (Lipinski definition) is 6. The number of hydrogen-bond donors (Lipinski definition) is 1. The smallest absolute Gasteiger partial charge is 0.239 e. The van der Waals surface area contributed by atoms with Crippen molar-refractivity contribution in [1.82, 2.24) is 4.90 Å². The average Bonchev–Trinajstić information content (AvgIpc) is 3.04. The van der Waals surface area contributed by atoms with Gasteiger partial charge < -0.3 is 20.1 Å². The molecule has 1 aliphatic heterocycles. The highest BCUT2D eigenvalue weighted by Gasteiger charge is 2.27. The van der Waals surface area contributed by atoms with Crippen LogP contribution in [0.15, 0.2) is 18.2 Å². The predicted octanol–water partition coefficient (Wildman–Crippen LogP) is 1.53. The van der Waals surface area contributed by atoms with Crippen molar-refractivity contribution in [1.29, 1.82) is 0 Å². The summed E-state index contributed by atoms with van der Waals surface area (Å²) >= 11 is 1.64. The number of fused-ring (bicyclic) bond motifs is 1. The largest absolute Gasteiger partial charge is 0.454 e. The third kappa shape index (κ3) is 3.97. The Bertz CT molecular complexity index is 593. The maximum Gasteiger partial charge on any atom is 0.239 e. The Balaban J connectivity index is 2.05. The molecular weight excluding hydrogens is 316 g/mol. The lowest BCUT2D eigenvalue weighted by molar-refractivity contribution is -0.132. The monoisotopic (exact) mass is 338 g/mol. The molecule has 1 amide bonds. The molecule has 1 aromatic carbocycles. The van der Waals surface area contributed by atoms with Gasteiger partial charge in [0.25, 0.3) is 0 Å². The number of nitrogens with zero attached hydrogens (tertiary/aromatic N) is 1. The van der Waals surface area contributed by atoms with Crippen molar-refractivity contribution in [2.45, 2.75) is 25.4 Å². The van der Waals surface area contributed by atoms with E-state index in [1.165, 1.54) is 4.90 Å². The van der Waals surface area contributed by atoms with Gasteiger partial charge in [-0.15, -0.1) is 0 Å². The Hall–Kier alpha value is -1.73. The Morgan fingerprint density at radius 3 is 2.74 bits per heavy atom. The first-order chi connectivity index (χ1) is 11.0. The number of carbonyl (C=O) groups excluding carboxylic acids is 2. The molecule has 2 atom stereocenters. The number of benzene rings is 1. The zero-order valence-electron chi connectivity index (χ0n) is 13.6. The second kappa shape index (κ2) is 7.70. The first-order valence-electron chi connectivity index (χ1n) is 7.40.